The molecule has 5 heteroatoms. The highest BCUT2D eigenvalue weighted by Gasteiger charge is 2.39. The summed E-state index contributed by atoms with van der Waals surface area (Å²) in [4.78, 5) is 9.09. The molecule has 0 aliphatic heterocycles. The van der Waals surface area contributed by atoms with Gasteiger partial charge in [-0.3, -0.25) is 0 Å². The number of aromatic nitrogens is 3. The topological polar surface area (TPSA) is 39.9 Å². The van der Waals surface area contributed by atoms with E-state index in [1.54, 1.807) is 6.20 Å². The van der Waals surface area contributed by atoms with Crippen molar-refractivity contribution in [2.24, 2.45) is 0 Å². The van der Waals surface area contributed by atoms with E-state index in [1.807, 2.05) is 18.3 Å². The summed E-state index contributed by atoms with van der Waals surface area (Å²) >= 11 is 2.20. The highest BCUT2D eigenvalue weighted by atomic mass is 127. The fourth-order valence-electron chi connectivity index (χ4n) is 4.51. The van der Waals surface area contributed by atoms with Crippen molar-refractivity contribution in [3.63, 3.8) is 0 Å². The molecule has 0 spiro atoms. The molecular formula is C29H24IN3O. The molecule has 0 N–H and O–H groups in total. The third-order valence-corrected chi connectivity index (χ3v) is 6.77. The standard InChI is InChI=1S/C29H24IN3O/c30-28-26(17-10-19-32-28)34-22-18-27-31-20-21-33(27)29(23-11-4-1-5-12-23,24-13-6-2-7-14-24)25-15-8-3-9-16-25/h1-17,19-21H,18,22H2. The lowest BCUT2D eigenvalue weighted by molar-refractivity contribution is 0.310. The van der Waals surface area contributed by atoms with Crippen molar-refractivity contribution in [3.8, 4) is 5.75 Å². The van der Waals surface area contributed by atoms with Gasteiger partial charge in [-0.15, -0.1) is 0 Å². The van der Waals surface area contributed by atoms with Crippen LogP contribution in [0.4, 0.5) is 0 Å². The average molecular weight is 557 g/mol. The van der Waals surface area contributed by atoms with Crippen LogP contribution in [-0.2, 0) is 12.0 Å². The first kappa shape index (κ1) is 22.3. The molecule has 0 amide bonds. The van der Waals surface area contributed by atoms with E-state index in [-0.39, 0.29) is 0 Å². The molecule has 0 radical (unpaired) electrons. The van der Waals surface area contributed by atoms with E-state index < -0.39 is 5.54 Å². The molecule has 5 rings (SSSR count). The Morgan fingerprint density at radius 1 is 0.676 bits per heavy atom. The Hall–Kier alpha value is -3.45. The van der Waals surface area contributed by atoms with Gasteiger partial charge in [0.1, 0.15) is 15.1 Å². The Balaban J connectivity index is 1.63. The minimum absolute atomic E-state index is 0.507. The number of imidazole rings is 1. The van der Waals surface area contributed by atoms with Crippen LogP contribution in [0.1, 0.15) is 22.5 Å². The first-order chi connectivity index (χ1) is 16.8. The number of benzene rings is 3. The van der Waals surface area contributed by atoms with Crippen molar-refractivity contribution >= 4 is 22.6 Å². The zero-order chi connectivity index (χ0) is 23.2. The Bertz CT molecular complexity index is 1240. The lowest BCUT2D eigenvalue weighted by atomic mass is 9.76. The number of hydrogen-bond donors (Lipinski definition) is 0. The molecule has 0 saturated carbocycles. The third-order valence-electron chi connectivity index (χ3n) is 5.96. The van der Waals surface area contributed by atoms with E-state index in [0.29, 0.717) is 13.0 Å². The van der Waals surface area contributed by atoms with Gasteiger partial charge in [0, 0.05) is 25.0 Å². The predicted octanol–water partition coefficient (Wildman–Crippen LogP) is 6.34. The van der Waals surface area contributed by atoms with Gasteiger partial charge in [-0.1, -0.05) is 91.0 Å². The van der Waals surface area contributed by atoms with Crippen molar-refractivity contribution in [2.45, 2.75) is 12.0 Å². The smallest absolute Gasteiger partial charge is 0.151 e. The number of nitrogens with zero attached hydrogens (tertiary/aromatic N) is 3. The summed E-state index contributed by atoms with van der Waals surface area (Å²) < 4.78 is 9.22. The molecule has 5 aromatic rings. The Kier molecular flexibility index (Phi) is 6.72. The second-order valence-corrected chi connectivity index (χ2v) is 8.93. The van der Waals surface area contributed by atoms with Crippen LogP contribution in [0.15, 0.2) is 122 Å². The van der Waals surface area contributed by atoms with Crippen molar-refractivity contribution in [3.05, 3.63) is 148 Å². The molecule has 0 atom stereocenters. The second kappa shape index (κ2) is 10.2. The highest BCUT2D eigenvalue weighted by Crippen LogP contribution is 2.41. The molecular weight excluding hydrogens is 533 g/mol. The van der Waals surface area contributed by atoms with Gasteiger partial charge in [0.25, 0.3) is 0 Å². The van der Waals surface area contributed by atoms with Crippen molar-refractivity contribution in [1.29, 1.82) is 0 Å². The molecule has 3 aromatic carbocycles. The van der Waals surface area contributed by atoms with Gasteiger partial charge < -0.3 is 9.30 Å². The lowest BCUT2D eigenvalue weighted by Crippen LogP contribution is -2.38. The zero-order valence-electron chi connectivity index (χ0n) is 18.6. The Morgan fingerprint density at radius 3 is 1.76 bits per heavy atom. The van der Waals surface area contributed by atoms with Crippen LogP contribution in [0, 0.1) is 3.70 Å². The molecule has 0 bridgehead atoms. The Labute approximate surface area is 213 Å². The minimum atomic E-state index is -0.571. The molecule has 2 heterocycles. The second-order valence-electron chi connectivity index (χ2n) is 7.91. The van der Waals surface area contributed by atoms with Gasteiger partial charge in [0.15, 0.2) is 5.75 Å². The van der Waals surface area contributed by atoms with Crippen LogP contribution in [0.25, 0.3) is 0 Å². The van der Waals surface area contributed by atoms with Crippen molar-refractivity contribution in [2.75, 3.05) is 6.61 Å². The number of rotatable bonds is 8. The first-order valence-electron chi connectivity index (χ1n) is 11.2. The van der Waals surface area contributed by atoms with Crippen LogP contribution in [-0.4, -0.2) is 21.1 Å². The molecule has 0 saturated heterocycles. The maximum atomic E-state index is 6.07. The highest BCUT2D eigenvalue weighted by molar-refractivity contribution is 14.1. The molecule has 168 valence electrons. The maximum absolute atomic E-state index is 6.07. The van der Waals surface area contributed by atoms with E-state index >= 15 is 0 Å². The van der Waals surface area contributed by atoms with E-state index in [4.69, 9.17) is 9.72 Å². The van der Waals surface area contributed by atoms with Crippen LogP contribution in [0.3, 0.4) is 0 Å². The molecule has 34 heavy (non-hydrogen) atoms. The summed E-state index contributed by atoms with van der Waals surface area (Å²) in [6.45, 7) is 0.507. The van der Waals surface area contributed by atoms with Crippen LogP contribution < -0.4 is 4.74 Å². The summed E-state index contributed by atoms with van der Waals surface area (Å²) in [5.74, 6) is 1.75. The normalized spacial score (nSPS) is 11.3. The van der Waals surface area contributed by atoms with E-state index in [0.717, 1.165) is 15.3 Å². The molecule has 0 fully saturated rings. The fraction of sp³-hybridized carbons (Fsp3) is 0.103. The van der Waals surface area contributed by atoms with Crippen LogP contribution >= 0.6 is 22.6 Å². The molecule has 2 aromatic heterocycles. The van der Waals surface area contributed by atoms with Gasteiger partial charge in [-0.05, 0) is 51.4 Å². The van der Waals surface area contributed by atoms with Gasteiger partial charge in [-0.2, -0.15) is 0 Å². The molecule has 0 aliphatic carbocycles. The minimum Gasteiger partial charge on any atom is -0.490 e. The summed E-state index contributed by atoms with van der Waals surface area (Å²) in [6, 6.07) is 35.8. The average Bonchev–Trinajstić information content (AvgIpc) is 3.36. The van der Waals surface area contributed by atoms with Gasteiger partial charge in [0.2, 0.25) is 0 Å². The van der Waals surface area contributed by atoms with Gasteiger partial charge >= 0.3 is 0 Å². The lowest BCUT2D eigenvalue weighted by Gasteiger charge is -2.38. The van der Waals surface area contributed by atoms with Crippen molar-refractivity contribution < 1.29 is 4.74 Å². The molecule has 0 unspecified atom stereocenters. The quantitative estimate of drug-likeness (QED) is 0.127. The largest absolute Gasteiger partial charge is 0.490 e. The monoisotopic (exact) mass is 557 g/mol. The number of halogens is 1. The molecule has 4 nitrogen and oxygen atoms in total. The fourth-order valence-corrected chi connectivity index (χ4v) is 5.01. The predicted molar refractivity (Wildman–Crippen MR) is 143 cm³/mol. The number of ether oxygens (including phenoxy) is 1. The first-order valence-corrected chi connectivity index (χ1v) is 12.3. The maximum Gasteiger partial charge on any atom is 0.151 e. The SMILES string of the molecule is Ic1ncccc1OCCc1nccn1C(c1ccccc1)(c1ccccc1)c1ccccc1. The summed E-state index contributed by atoms with van der Waals surface area (Å²) in [5.41, 5.74) is 2.95. The summed E-state index contributed by atoms with van der Waals surface area (Å²) in [5, 5.41) is 0. The summed E-state index contributed by atoms with van der Waals surface area (Å²) in [6.07, 6.45) is 6.39. The third kappa shape index (κ3) is 4.23. The van der Waals surface area contributed by atoms with Gasteiger partial charge in [-0.25, -0.2) is 9.97 Å². The van der Waals surface area contributed by atoms with Crippen LogP contribution in [0.5, 0.6) is 5.75 Å². The van der Waals surface area contributed by atoms with E-state index in [9.17, 15) is 0 Å². The van der Waals surface area contributed by atoms with E-state index in [1.165, 1.54) is 16.7 Å². The molecule has 0 aliphatic rings. The zero-order valence-corrected chi connectivity index (χ0v) is 20.7. The van der Waals surface area contributed by atoms with Crippen LogP contribution in [0.2, 0.25) is 0 Å². The van der Waals surface area contributed by atoms with Crippen molar-refractivity contribution in [1.82, 2.24) is 14.5 Å². The number of pyridine rings is 1. The van der Waals surface area contributed by atoms with Gasteiger partial charge in [0.05, 0.1) is 6.61 Å². The van der Waals surface area contributed by atoms with E-state index in [2.05, 4.69) is 129 Å². The number of hydrogen-bond acceptors (Lipinski definition) is 3. The Morgan fingerprint density at radius 2 is 1.24 bits per heavy atom. The summed E-state index contributed by atoms with van der Waals surface area (Å²) in [7, 11) is 0.